The number of anilines is 1. The van der Waals surface area contributed by atoms with Crippen LogP contribution < -0.4 is 11.1 Å². The van der Waals surface area contributed by atoms with Crippen LogP contribution in [0.1, 0.15) is 12.8 Å². The number of hydrogen-bond donors (Lipinski definition) is 3. The molecule has 1 amide bonds. The van der Waals surface area contributed by atoms with Gasteiger partial charge in [-0.25, -0.2) is 4.98 Å². The first-order valence-corrected chi connectivity index (χ1v) is 7.02. The van der Waals surface area contributed by atoms with Crippen molar-refractivity contribution in [2.24, 2.45) is 5.73 Å². The minimum Gasteiger partial charge on any atom is -0.364 e. The fourth-order valence-electron chi connectivity index (χ4n) is 2.46. The summed E-state index contributed by atoms with van der Waals surface area (Å²) in [6.45, 7) is 0.456. The van der Waals surface area contributed by atoms with Gasteiger partial charge in [-0.3, -0.25) is 4.79 Å². The summed E-state index contributed by atoms with van der Waals surface area (Å²) >= 11 is 0. The third-order valence-corrected chi connectivity index (χ3v) is 3.56. The van der Waals surface area contributed by atoms with Crippen LogP contribution in [-0.4, -0.2) is 34.6 Å². The van der Waals surface area contributed by atoms with E-state index in [0.717, 1.165) is 23.5 Å². The van der Waals surface area contributed by atoms with Gasteiger partial charge in [-0.05, 0) is 25.0 Å². The Morgan fingerprint density at radius 2 is 2.22 bits per heavy atom. The van der Waals surface area contributed by atoms with Gasteiger partial charge in [-0.15, -0.1) is 24.8 Å². The highest BCUT2D eigenvalue weighted by Gasteiger charge is 2.29. The fraction of sp³-hybridized carbons (Fsp3) is 0.333. The van der Waals surface area contributed by atoms with Crippen molar-refractivity contribution >= 4 is 36.4 Å². The van der Waals surface area contributed by atoms with Gasteiger partial charge in [0.25, 0.3) is 5.91 Å². The molecule has 0 unspecified atom stereocenters. The number of amides is 1. The molecule has 1 aliphatic rings. The zero-order valence-corrected chi connectivity index (χ0v) is 14.0. The summed E-state index contributed by atoms with van der Waals surface area (Å²) in [5.41, 5.74) is 7.21. The van der Waals surface area contributed by atoms with Crippen LogP contribution in [0, 0.1) is 0 Å². The lowest BCUT2D eigenvalue weighted by Crippen LogP contribution is -2.29. The molecule has 1 saturated heterocycles. The Bertz CT molecular complexity index is 622. The maximum Gasteiger partial charge on any atom is 0.253 e. The minimum absolute atomic E-state index is 0. The number of ether oxygens (including phenoxy) is 1. The first-order chi connectivity index (χ1) is 10.3. The molecule has 0 radical (unpaired) electrons. The molecule has 23 heavy (non-hydrogen) atoms. The highest BCUT2D eigenvalue weighted by Crippen LogP contribution is 2.22. The van der Waals surface area contributed by atoms with E-state index >= 15 is 0 Å². The molecular weight excluding hydrogens is 339 g/mol. The highest BCUT2D eigenvalue weighted by molar-refractivity contribution is 5.94. The van der Waals surface area contributed by atoms with Crippen LogP contribution in [0.25, 0.3) is 11.4 Å². The number of nitrogens with zero attached hydrogens (tertiary/aromatic N) is 1. The van der Waals surface area contributed by atoms with Gasteiger partial charge in [-0.2, -0.15) is 0 Å². The van der Waals surface area contributed by atoms with Crippen LogP contribution in [0.15, 0.2) is 36.7 Å². The minimum atomic E-state index is -0.411. The average Bonchev–Trinajstić information content (AvgIpc) is 3.19. The second kappa shape index (κ2) is 8.88. The van der Waals surface area contributed by atoms with Crippen LogP contribution in [-0.2, 0) is 9.53 Å². The van der Waals surface area contributed by atoms with Crippen LogP contribution in [0.4, 0.5) is 5.69 Å². The van der Waals surface area contributed by atoms with E-state index in [9.17, 15) is 4.79 Å². The topological polar surface area (TPSA) is 93.0 Å². The number of aromatic nitrogens is 2. The van der Waals surface area contributed by atoms with Crippen LogP contribution in [0.5, 0.6) is 0 Å². The first kappa shape index (κ1) is 19.4. The first-order valence-electron chi connectivity index (χ1n) is 7.02. The van der Waals surface area contributed by atoms with E-state index in [1.807, 2.05) is 24.3 Å². The van der Waals surface area contributed by atoms with Crippen LogP contribution >= 0.6 is 24.8 Å². The third kappa shape index (κ3) is 4.68. The standard InChI is InChI=1S/C15H18N4O2.2ClH/c16-9-12-4-5-13(21-12)15(20)19-11-3-1-2-10(8-11)14-17-6-7-18-14;;/h1-3,6-8,12-13H,4-5,9,16H2,(H,17,18)(H,19,20);2*1H/t12-,13+;;/m1../s1. The van der Waals surface area contributed by atoms with Gasteiger partial charge in [0.2, 0.25) is 0 Å². The molecule has 1 aromatic carbocycles. The summed E-state index contributed by atoms with van der Waals surface area (Å²) in [6.07, 6.45) is 4.59. The van der Waals surface area contributed by atoms with E-state index in [4.69, 9.17) is 10.5 Å². The Morgan fingerprint density at radius 1 is 1.39 bits per heavy atom. The van der Waals surface area contributed by atoms with E-state index < -0.39 is 6.10 Å². The molecule has 3 rings (SSSR count). The maximum atomic E-state index is 12.2. The van der Waals surface area contributed by atoms with Crippen molar-refractivity contribution in [2.75, 3.05) is 11.9 Å². The normalized spacial score (nSPS) is 19.5. The summed E-state index contributed by atoms with van der Waals surface area (Å²) in [5.74, 6) is 0.647. The third-order valence-electron chi connectivity index (χ3n) is 3.56. The van der Waals surface area contributed by atoms with Gasteiger partial charge in [0.15, 0.2) is 0 Å². The van der Waals surface area contributed by atoms with E-state index in [0.29, 0.717) is 13.0 Å². The van der Waals surface area contributed by atoms with Crippen molar-refractivity contribution in [3.05, 3.63) is 36.7 Å². The van der Waals surface area contributed by atoms with Crippen molar-refractivity contribution in [1.29, 1.82) is 0 Å². The predicted octanol–water partition coefficient (Wildman–Crippen LogP) is 2.37. The molecule has 0 bridgehead atoms. The van der Waals surface area contributed by atoms with Crippen molar-refractivity contribution in [1.82, 2.24) is 9.97 Å². The Hall–Kier alpha value is -1.60. The van der Waals surface area contributed by atoms with Crippen molar-refractivity contribution in [2.45, 2.75) is 25.0 Å². The molecule has 1 fully saturated rings. The predicted molar refractivity (Wildman–Crippen MR) is 94.1 cm³/mol. The molecule has 0 saturated carbocycles. The lowest BCUT2D eigenvalue weighted by molar-refractivity contribution is -0.126. The van der Waals surface area contributed by atoms with Gasteiger partial charge >= 0.3 is 0 Å². The molecule has 126 valence electrons. The number of carbonyl (C=O) groups is 1. The summed E-state index contributed by atoms with van der Waals surface area (Å²) in [5, 5.41) is 2.88. The second-order valence-corrected chi connectivity index (χ2v) is 5.07. The number of H-pyrrole nitrogens is 1. The SMILES string of the molecule is Cl.Cl.NC[C@H]1CC[C@@H](C(=O)Nc2cccc(-c3ncc[nH]3)c2)O1. The molecule has 0 aliphatic carbocycles. The smallest absolute Gasteiger partial charge is 0.253 e. The van der Waals surface area contributed by atoms with Gasteiger partial charge in [-0.1, -0.05) is 12.1 Å². The largest absolute Gasteiger partial charge is 0.364 e. The van der Waals surface area contributed by atoms with E-state index in [2.05, 4.69) is 15.3 Å². The quantitative estimate of drug-likeness (QED) is 0.781. The van der Waals surface area contributed by atoms with Crippen molar-refractivity contribution in [3.8, 4) is 11.4 Å². The Kier molecular flexibility index (Phi) is 7.51. The maximum absolute atomic E-state index is 12.2. The number of benzene rings is 1. The van der Waals surface area contributed by atoms with Crippen LogP contribution in [0.3, 0.4) is 0 Å². The van der Waals surface area contributed by atoms with Crippen LogP contribution in [0.2, 0.25) is 0 Å². The molecule has 6 nitrogen and oxygen atoms in total. The number of halogens is 2. The summed E-state index contributed by atoms with van der Waals surface area (Å²) in [7, 11) is 0. The average molecular weight is 359 g/mol. The second-order valence-electron chi connectivity index (χ2n) is 5.07. The number of aromatic amines is 1. The zero-order chi connectivity index (χ0) is 14.7. The number of nitrogens with one attached hydrogen (secondary N) is 2. The number of nitrogens with two attached hydrogens (primary N) is 1. The Labute approximate surface area is 147 Å². The van der Waals surface area contributed by atoms with Crippen molar-refractivity contribution < 1.29 is 9.53 Å². The molecule has 8 heteroatoms. The Morgan fingerprint density at radius 3 is 2.87 bits per heavy atom. The molecule has 1 aromatic heterocycles. The van der Waals surface area contributed by atoms with Gasteiger partial charge < -0.3 is 20.8 Å². The molecule has 0 spiro atoms. The molecule has 1 aliphatic heterocycles. The van der Waals surface area contributed by atoms with E-state index in [-0.39, 0.29) is 36.8 Å². The van der Waals surface area contributed by atoms with Gasteiger partial charge in [0, 0.05) is 30.2 Å². The fourth-order valence-corrected chi connectivity index (χ4v) is 2.46. The van der Waals surface area contributed by atoms with Crippen molar-refractivity contribution in [3.63, 3.8) is 0 Å². The Balaban J connectivity index is 0.00000132. The molecule has 2 aromatic rings. The number of imidazole rings is 1. The summed E-state index contributed by atoms with van der Waals surface area (Å²) in [6, 6.07) is 7.54. The lowest BCUT2D eigenvalue weighted by Gasteiger charge is -2.13. The molecule has 4 N–H and O–H groups in total. The monoisotopic (exact) mass is 358 g/mol. The van der Waals surface area contributed by atoms with Gasteiger partial charge in [0.05, 0.1) is 6.10 Å². The molecule has 2 heterocycles. The number of rotatable bonds is 4. The van der Waals surface area contributed by atoms with Gasteiger partial charge in [0.1, 0.15) is 11.9 Å². The number of carbonyl (C=O) groups excluding carboxylic acids is 1. The summed E-state index contributed by atoms with van der Waals surface area (Å²) < 4.78 is 5.59. The zero-order valence-electron chi connectivity index (χ0n) is 12.4. The van der Waals surface area contributed by atoms with E-state index in [1.165, 1.54) is 0 Å². The molecule has 2 atom stereocenters. The molecular formula is C15H20Cl2N4O2. The number of hydrogen-bond acceptors (Lipinski definition) is 4. The van der Waals surface area contributed by atoms with E-state index in [1.54, 1.807) is 12.4 Å². The highest BCUT2D eigenvalue weighted by atomic mass is 35.5. The summed E-state index contributed by atoms with van der Waals surface area (Å²) in [4.78, 5) is 19.4. The lowest BCUT2D eigenvalue weighted by atomic mass is 10.1.